The predicted molar refractivity (Wildman–Crippen MR) is 106 cm³/mol. The Hall–Kier alpha value is -3.53. The molecule has 0 saturated heterocycles. The number of Topliss-reactive ketones (excluding diaryl/α,β-unsaturated/α-hetero) is 1. The zero-order valence-corrected chi connectivity index (χ0v) is 14.0. The Bertz CT molecular complexity index is 1190. The summed E-state index contributed by atoms with van der Waals surface area (Å²) >= 11 is 0. The number of rotatable bonds is 0. The van der Waals surface area contributed by atoms with Crippen LogP contribution in [0.1, 0.15) is 16.8 Å². The van der Waals surface area contributed by atoms with E-state index in [0.29, 0.717) is 6.42 Å². The predicted octanol–water partition coefficient (Wildman–Crippen LogP) is 4.66. The van der Waals surface area contributed by atoms with Gasteiger partial charge in [0.05, 0.1) is 11.3 Å². The lowest BCUT2D eigenvalue weighted by Gasteiger charge is -2.12. The maximum Gasteiger partial charge on any atom is 0.247 e. The summed E-state index contributed by atoms with van der Waals surface area (Å²) in [5.41, 5.74) is 1.51. The van der Waals surface area contributed by atoms with Crippen LogP contribution < -0.4 is 5.56 Å². The van der Waals surface area contributed by atoms with Crippen LogP contribution in [0.4, 0.5) is 5.69 Å². The number of aromatic amines is 1. The van der Waals surface area contributed by atoms with Gasteiger partial charge in [-0.2, -0.15) is 0 Å². The first-order valence-electron chi connectivity index (χ1n) is 8.37. The monoisotopic (exact) mass is 340 g/mol. The minimum atomic E-state index is -0.0532. The number of nitrogens with zero attached hydrogens (tertiary/aromatic N) is 1. The lowest BCUT2D eigenvalue weighted by Crippen LogP contribution is -2.05. The average Bonchev–Trinajstić information content (AvgIpc) is 2.67. The topological polar surface area (TPSA) is 62.3 Å². The van der Waals surface area contributed by atoms with Gasteiger partial charge >= 0.3 is 0 Å². The molecule has 4 nitrogen and oxygen atoms in total. The number of fused-ring (bicyclic) bond motifs is 4. The standard InChI is InChI=1S/C17H11NO.C5H5NO/c19-16-7-8-18-15-6-5-13-9-11-3-1-2-4-12(11)10-14(13)17(15)16;7-5-3-1-2-4-6-5/h1-6,8-10H,7H2;1-4H,(H,6,7). The number of carbonyl (C=O) groups is 1. The summed E-state index contributed by atoms with van der Waals surface area (Å²) in [6.07, 6.45) is 3.69. The third kappa shape index (κ3) is 3.05. The quantitative estimate of drug-likeness (QED) is 0.473. The van der Waals surface area contributed by atoms with Crippen molar-refractivity contribution < 1.29 is 4.79 Å². The third-order valence-corrected chi connectivity index (χ3v) is 4.33. The lowest BCUT2D eigenvalue weighted by molar-refractivity contribution is 0.100. The molecule has 5 rings (SSSR count). The van der Waals surface area contributed by atoms with Crippen molar-refractivity contribution in [2.75, 3.05) is 0 Å². The molecule has 0 saturated carbocycles. The van der Waals surface area contributed by atoms with Gasteiger partial charge in [-0.05, 0) is 45.8 Å². The average molecular weight is 340 g/mol. The molecule has 0 radical (unpaired) electrons. The van der Waals surface area contributed by atoms with Crippen molar-refractivity contribution in [2.24, 2.45) is 4.99 Å². The van der Waals surface area contributed by atoms with E-state index in [1.807, 2.05) is 24.3 Å². The Morgan fingerprint density at radius 3 is 2.27 bits per heavy atom. The number of hydrogen-bond acceptors (Lipinski definition) is 3. The molecule has 4 aromatic rings. The van der Waals surface area contributed by atoms with Crippen LogP contribution in [0.15, 0.2) is 82.7 Å². The molecule has 1 aliphatic heterocycles. The van der Waals surface area contributed by atoms with Gasteiger partial charge in [0, 0.05) is 24.9 Å². The van der Waals surface area contributed by atoms with Crippen LogP contribution in [0.2, 0.25) is 0 Å². The highest BCUT2D eigenvalue weighted by Gasteiger charge is 2.17. The molecule has 0 amide bonds. The van der Waals surface area contributed by atoms with E-state index in [-0.39, 0.29) is 11.3 Å². The molecule has 1 aliphatic rings. The lowest BCUT2D eigenvalue weighted by atomic mass is 9.94. The van der Waals surface area contributed by atoms with E-state index in [1.54, 1.807) is 24.5 Å². The molecule has 0 unspecified atom stereocenters. The van der Waals surface area contributed by atoms with Crippen LogP contribution in [-0.2, 0) is 0 Å². The summed E-state index contributed by atoms with van der Waals surface area (Å²) in [5.74, 6) is 0.158. The summed E-state index contributed by atoms with van der Waals surface area (Å²) in [6.45, 7) is 0. The van der Waals surface area contributed by atoms with Crippen molar-refractivity contribution in [2.45, 2.75) is 6.42 Å². The second kappa shape index (κ2) is 6.76. The molecule has 1 aromatic heterocycles. The van der Waals surface area contributed by atoms with Crippen LogP contribution in [-0.4, -0.2) is 17.0 Å². The van der Waals surface area contributed by atoms with Gasteiger partial charge < -0.3 is 4.98 Å². The maximum absolute atomic E-state index is 12.1. The first-order valence-corrected chi connectivity index (χ1v) is 8.37. The van der Waals surface area contributed by atoms with Gasteiger partial charge in [0.25, 0.3) is 0 Å². The number of nitrogens with one attached hydrogen (secondary N) is 1. The Kier molecular flexibility index (Phi) is 4.15. The molecule has 4 heteroatoms. The highest BCUT2D eigenvalue weighted by Crippen LogP contribution is 2.33. The van der Waals surface area contributed by atoms with Gasteiger partial charge in [-0.3, -0.25) is 14.6 Å². The van der Waals surface area contributed by atoms with Crippen LogP contribution in [0.25, 0.3) is 21.5 Å². The number of pyridine rings is 1. The first kappa shape index (κ1) is 16.0. The van der Waals surface area contributed by atoms with Gasteiger partial charge in [0.1, 0.15) is 0 Å². The SMILES string of the molecule is O=C1CC=Nc2ccc3cc4ccccc4cc3c21.O=c1cccc[nH]1. The Morgan fingerprint density at radius 2 is 1.58 bits per heavy atom. The number of carbonyl (C=O) groups excluding carboxylic acids is 1. The number of benzene rings is 3. The molecule has 126 valence electrons. The molecule has 0 spiro atoms. The normalized spacial score (nSPS) is 12.5. The highest BCUT2D eigenvalue weighted by atomic mass is 16.1. The van der Waals surface area contributed by atoms with Crippen LogP contribution >= 0.6 is 0 Å². The minimum absolute atomic E-state index is 0.0532. The Balaban J connectivity index is 0.000000204. The largest absolute Gasteiger partial charge is 0.329 e. The Labute approximate surface area is 149 Å². The number of aliphatic imine (C=N–C) groups is 1. The van der Waals surface area contributed by atoms with E-state index < -0.39 is 0 Å². The molecule has 0 fully saturated rings. The van der Waals surface area contributed by atoms with Crippen molar-refractivity contribution >= 4 is 39.2 Å². The number of hydrogen-bond donors (Lipinski definition) is 1. The minimum Gasteiger partial charge on any atom is -0.329 e. The molecule has 2 heterocycles. The molecular weight excluding hydrogens is 324 g/mol. The van der Waals surface area contributed by atoms with Crippen molar-refractivity contribution in [3.8, 4) is 0 Å². The second-order valence-electron chi connectivity index (χ2n) is 6.05. The van der Waals surface area contributed by atoms with E-state index in [4.69, 9.17) is 0 Å². The smallest absolute Gasteiger partial charge is 0.247 e. The van der Waals surface area contributed by atoms with Gasteiger partial charge in [-0.1, -0.05) is 36.4 Å². The fraction of sp³-hybridized carbons (Fsp3) is 0.0455. The fourth-order valence-electron chi connectivity index (χ4n) is 3.11. The van der Waals surface area contributed by atoms with Crippen LogP contribution in [0.5, 0.6) is 0 Å². The van der Waals surface area contributed by atoms with Crippen LogP contribution in [0, 0.1) is 0 Å². The third-order valence-electron chi connectivity index (χ3n) is 4.33. The van der Waals surface area contributed by atoms with Crippen molar-refractivity contribution in [1.29, 1.82) is 0 Å². The van der Waals surface area contributed by atoms with E-state index in [2.05, 4.69) is 34.2 Å². The zero-order valence-electron chi connectivity index (χ0n) is 14.0. The fourth-order valence-corrected chi connectivity index (χ4v) is 3.11. The molecule has 0 bridgehead atoms. The van der Waals surface area contributed by atoms with E-state index >= 15 is 0 Å². The molecule has 26 heavy (non-hydrogen) atoms. The van der Waals surface area contributed by atoms with Crippen molar-refractivity contribution in [1.82, 2.24) is 4.98 Å². The molecule has 0 aliphatic carbocycles. The maximum atomic E-state index is 12.1. The Morgan fingerprint density at radius 1 is 0.808 bits per heavy atom. The highest BCUT2D eigenvalue weighted by molar-refractivity contribution is 6.19. The molecule has 0 atom stereocenters. The van der Waals surface area contributed by atoms with Crippen LogP contribution in [0.3, 0.4) is 0 Å². The summed E-state index contributed by atoms with van der Waals surface area (Å²) in [7, 11) is 0. The van der Waals surface area contributed by atoms with Crippen molar-refractivity contribution in [3.63, 3.8) is 0 Å². The van der Waals surface area contributed by atoms with E-state index in [0.717, 1.165) is 27.4 Å². The number of H-pyrrole nitrogens is 1. The first-order chi connectivity index (χ1) is 12.7. The second-order valence-corrected chi connectivity index (χ2v) is 6.05. The molecule has 1 N–H and O–H groups in total. The summed E-state index contributed by atoms with van der Waals surface area (Å²) in [6, 6.07) is 21.3. The van der Waals surface area contributed by atoms with Gasteiger partial charge in [0.2, 0.25) is 5.56 Å². The molecule has 3 aromatic carbocycles. The number of aromatic nitrogens is 1. The van der Waals surface area contributed by atoms with Crippen molar-refractivity contribution in [3.05, 3.63) is 88.8 Å². The molecular formula is C22H16N2O2. The van der Waals surface area contributed by atoms with E-state index in [1.165, 1.54) is 11.5 Å². The summed E-state index contributed by atoms with van der Waals surface area (Å²) < 4.78 is 0. The van der Waals surface area contributed by atoms with Gasteiger partial charge in [-0.15, -0.1) is 0 Å². The van der Waals surface area contributed by atoms with Gasteiger partial charge in [-0.25, -0.2) is 0 Å². The summed E-state index contributed by atoms with van der Waals surface area (Å²) in [4.78, 5) is 29.2. The van der Waals surface area contributed by atoms with E-state index in [9.17, 15) is 9.59 Å². The number of ketones is 1. The summed E-state index contributed by atoms with van der Waals surface area (Å²) in [5, 5.41) is 4.47. The van der Waals surface area contributed by atoms with Gasteiger partial charge in [0.15, 0.2) is 5.78 Å². The zero-order chi connectivity index (χ0) is 17.9.